The van der Waals surface area contributed by atoms with Gasteiger partial charge in [-0.15, -0.1) is 11.3 Å². The summed E-state index contributed by atoms with van der Waals surface area (Å²) < 4.78 is 39.2. The predicted molar refractivity (Wildman–Crippen MR) is 126 cm³/mol. The van der Waals surface area contributed by atoms with Crippen molar-refractivity contribution in [2.45, 2.75) is 70.1 Å². The van der Waals surface area contributed by atoms with Crippen molar-refractivity contribution in [1.82, 2.24) is 0 Å². The Morgan fingerprint density at radius 1 is 1.03 bits per heavy atom. The average Bonchev–Trinajstić information content (AvgIpc) is 3.26. The van der Waals surface area contributed by atoms with E-state index in [1.165, 1.54) is 38.9 Å². The number of methoxy groups -OCH3 is 1. The summed E-state index contributed by atoms with van der Waals surface area (Å²) in [5.74, 6) is -0.161. The van der Waals surface area contributed by atoms with Crippen LogP contribution in [0.1, 0.15) is 74.0 Å². The van der Waals surface area contributed by atoms with Crippen molar-refractivity contribution in [2.24, 2.45) is 0 Å². The number of benzene rings is 1. The van der Waals surface area contributed by atoms with E-state index in [4.69, 9.17) is 9.47 Å². The van der Waals surface area contributed by atoms with Gasteiger partial charge in [-0.25, -0.2) is 13.2 Å². The standard InChI is InChI=1S/C23H33NO5S2/c1-4-6-8-9-10-11-18-12-13-19(20(17-18)29-15-7-5-2)24-31(26,27)21-14-16-30-22(21)23(25)28-3/h12-14,16-17,24H,4-11,15H2,1-3H3. The van der Waals surface area contributed by atoms with E-state index in [0.29, 0.717) is 18.0 Å². The molecule has 8 heteroatoms. The van der Waals surface area contributed by atoms with Crippen molar-refractivity contribution in [3.05, 3.63) is 40.1 Å². The second kappa shape index (κ2) is 12.7. The first-order valence-electron chi connectivity index (χ1n) is 10.9. The Bertz CT molecular complexity index is 937. The van der Waals surface area contributed by atoms with E-state index < -0.39 is 16.0 Å². The van der Waals surface area contributed by atoms with E-state index in [0.717, 1.165) is 42.6 Å². The number of thiophene rings is 1. The van der Waals surface area contributed by atoms with Crippen molar-refractivity contribution >= 4 is 33.0 Å². The molecule has 0 spiro atoms. The van der Waals surface area contributed by atoms with Gasteiger partial charge in [-0.1, -0.05) is 52.0 Å². The Kier molecular flexibility index (Phi) is 10.3. The molecule has 1 heterocycles. The van der Waals surface area contributed by atoms with E-state index in [9.17, 15) is 13.2 Å². The van der Waals surface area contributed by atoms with E-state index in [-0.39, 0.29) is 9.77 Å². The second-order valence-corrected chi connectivity index (χ2v) is 9.97. The van der Waals surface area contributed by atoms with Crippen molar-refractivity contribution < 1.29 is 22.7 Å². The first kappa shape index (κ1) is 25.2. The summed E-state index contributed by atoms with van der Waals surface area (Å²) in [4.78, 5) is 11.9. The number of rotatable bonds is 14. The van der Waals surface area contributed by atoms with Crippen molar-refractivity contribution in [1.29, 1.82) is 0 Å². The summed E-state index contributed by atoms with van der Waals surface area (Å²) in [6.07, 6.45) is 8.77. The lowest BCUT2D eigenvalue weighted by Crippen LogP contribution is -2.16. The van der Waals surface area contributed by atoms with Crippen LogP contribution in [0, 0.1) is 0 Å². The highest BCUT2D eigenvalue weighted by molar-refractivity contribution is 7.93. The number of hydrogen-bond acceptors (Lipinski definition) is 6. The number of carbonyl (C=O) groups is 1. The molecule has 2 rings (SSSR count). The molecule has 6 nitrogen and oxygen atoms in total. The van der Waals surface area contributed by atoms with Crippen LogP contribution in [0.15, 0.2) is 34.5 Å². The summed E-state index contributed by atoms with van der Waals surface area (Å²) in [5, 5.41) is 1.56. The highest BCUT2D eigenvalue weighted by Gasteiger charge is 2.25. The Morgan fingerprint density at radius 2 is 1.77 bits per heavy atom. The van der Waals surface area contributed by atoms with Gasteiger partial charge in [0.2, 0.25) is 0 Å². The van der Waals surface area contributed by atoms with Gasteiger partial charge in [0, 0.05) is 0 Å². The Labute approximate surface area is 190 Å². The van der Waals surface area contributed by atoms with Crippen LogP contribution in [0.4, 0.5) is 5.69 Å². The number of aryl methyl sites for hydroxylation is 1. The fourth-order valence-electron chi connectivity index (χ4n) is 3.14. The third-order valence-corrected chi connectivity index (χ3v) is 7.34. The van der Waals surface area contributed by atoms with Gasteiger partial charge in [-0.05, 0) is 48.4 Å². The first-order valence-corrected chi connectivity index (χ1v) is 13.2. The number of esters is 1. The topological polar surface area (TPSA) is 81.7 Å². The van der Waals surface area contributed by atoms with Crippen LogP contribution < -0.4 is 9.46 Å². The van der Waals surface area contributed by atoms with Crippen LogP contribution in [-0.2, 0) is 21.2 Å². The molecule has 0 radical (unpaired) electrons. The number of sulfonamides is 1. The lowest BCUT2D eigenvalue weighted by molar-refractivity contribution is 0.0602. The van der Waals surface area contributed by atoms with Gasteiger partial charge in [0.15, 0.2) is 0 Å². The Balaban J connectivity index is 2.21. The molecule has 0 unspecified atom stereocenters. The van der Waals surface area contributed by atoms with Crippen molar-refractivity contribution in [2.75, 3.05) is 18.4 Å². The number of unbranched alkanes of at least 4 members (excludes halogenated alkanes) is 5. The monoisotopic (exact) mass is 467 g/mol. The fourth-order valence-corrected chi connectivity index (χ4v) is 5.54. The van der Waals surface area contributed by atoms with Gasteiger partial charge in [0.25, 0.3) is 10.0 Å². The van der Waals surface area contributed by atoms with Crippen LogP contribution in [0.5, 0.6) is 5.75 Å². The number of carbonyl (C=O) groups excluding carboxylic acids is 1. The summed E-state index contributed by atoms with van der Waals surface area (Å²) in [6.45, 7) is 4.78. The molecule has 0 aliphatic rings. The summed E-state index contributed by atoms with van der Waals surface area (Å²) >= 11 is 1.03. The minimum Gasteiger partial charge on any atom is -0.491 e. The maximum absolute atomic E-state index is 13.0. The van der Waals surface area contributed by atoms with Gasteiger partial charge in [-0.2, -0.15) is 0 Å². The molecule has 1 aromatic carbocycles. The highest BCUT2D eigenvalue weighted by atomic mass is 32.2. The molecule has 2 aromatic rings. The molecule has 1 N–H and O–H groups in total. The highest BCUT2D eigenvalue weighted by Crippen LogP contribution is 2.31. The molecular formula is C23H33NO5S2. The number of nitrogens with one attached hydrogen (secondary N) is 1. The normalized spacial score (nSPS) is 11.3. The van der Waals surface area contributed by atoms with Crippen LogP contribution >= 0.6 is 11.3 Å². The van der Waals surface area contributed by atoms with E-state index in [1.807, 2.05) is 12.1 Å². The minimum atomic E-state index is -3.97. The second-order valence-electron chi connectivity index (χ2n) is 7.41. The van der Waals surface area contributed by atoms with Crippen LogP contribution in [0.2, 0.25) is 0 Å². The van der Waals surface area contributed by atoms with Crippen LogP contribution in [-0.4, -0.2) is 28.1 Å². The molecule has 0 aliphatic carbocycles. The molecule has 0 saturated heterocycles. The summed E-state index contributed by atoms with van der Waals surface area (Å²) in [6, 6.07) is 6.99. The molecule has 172 valence electrons. The average molecular weight is 468 g/mol. The fraction of sp³-hybridized carbons (Fsp3) is 0.522. The predicted octanol–water partition coefficient (Wildman–Crippen LogP) is 6.03. The largest absolute Gasteiger partial charge is 0.491 e. The Hall–Kier alpha value is -2.06. The van der Waals surface area contributed by atoms with Crippen molar-refractivity contribution in [3.8, 4) is 5.75 Å². The van der Waals surface area contributed by atoms with Crippen LogP contribution in [0.25, 0.3) is 0 Å². The molecular weight excluding hydrogens is 434 g/mol. The van der Waals surface area contributed by atoms with E-state index >= 15 is 0 Å². The maximum atomic E-state index is 13.0. The van der Waals surface area contributed by atoms with Gasteiger partial charge < -0.3 is 9.47 Å². The first-order chi connectivity index (χ1) is 14.9. The summed E-state index contributed by atoms with van der Waals surface area (Å²) in [5.41, 5.74) is 1.49. The lowest BCUT2D eigenvalue weighted by Gasteiger charge is -2.15. The zero-order valence-corrected chi connectivity index (χ0v) is 20.2. The molecule has 31 heavy (non-hydrogen) atoms. The third-order valence-electron chi connectivity index (χ3n) is 4.90. The molecule has 0 amide bonds. The number of hydrogen-bond donors (Lipinski definition) is 1. The van der Waals surface area contributed by atoms with Gasteiger partial charge in [-0.3, -0.25) is 4.72 Å². The molecule has 0 fully saturated rings. The molecule has 0 aliphatic heterocycles. The van der Waals surface area contributed by atoms with E-state index in [2.05, 4.69) is 18.6 Å². The summed E-state index contributed by atoms with van der Waals surface area (Å²) in [7, 11) is -2.74. The van der Waals surface area contributed by atoms with Gasteiger partial charge >= 0.3 is 5.97 Å². The number of ether oxygens (including phenoxy) is 2. The smallest absolute Gasteiger partial charge is 0.349 e. The SMILES string of the molecule is CCCCCCCc1ccc(NS(=O)(=O)c2ccsc2C(=O)OC)c(OCCCC)c1. The lowest BCUT2D eigenvalue weighted by atomic mass is 10.0. The molecule has 0 atom stereocenters. The zero-order valence-electron chi connectivity index (χ0n) is 18.6. The molecule has 0 saturated carbocycles. The third kappa shape index (κ3) is 7.54. The minimum absolute atomic E-state index is 0.0483. The number of anilines is 1. The van der Waals surface area contributed by atoms with Crippen LogP contribution in [0.3, 0.4) is 0 Å². The van der Waals surface area contributed by atoms with Gasteiger partial charge in [0.1, 0.15) is 15.5 Å². The van der Waals surface area contributed by atoms with Gasteiger partial charge in [0.05, 0.1) is 19.4 Å². The van der Waals surface area contributed by atoms with Crippen molar-refractivity contribution in [3.63, 3.8) is 0 Å². The zero-order chi connectivity index (χ0) is 22.7. The van der Waals surface area contributed by atoms with E-state index in [1.54, 1.807) is 11.4 Å². The maximum Gasteiger partial charge on any atom is 0.349 e. The molecule has 1 aromatic heterocycles. The quantitative estimate of drug-likeness (QED) is 0.271. The Morgan fingerprint density at radius 3 is 2.48 bits per heavy atom. The molecule has 0 bridgehead atoms.